The average Bonchev–Trinajstić information content (AvgIpc) is 2.30. The van der Waals surface area contributed by atoms with Gasteiger partial charge in [-0.1, -0.05) is 13.0 Å². The minimum Gasteiger partial charge on any atom is -0.480 e. The molecule has 1 aliphatic heterocycles. The van der Waals surface area contributed by atoms with E-state index in [2.05, 4.69) is 5.32 Å². The minimum absolute atomic E-state index is 0.309. The van der Waals surface area contributed by atoms with Crippen molar-refractivity contribution in [3.8, 4) is 0 Å². The predicted molar refractivity (Wildman–Crippen MR) is 62.6 cm³/mol. The summed E-state index contributed by atoms with van der Waals surface area (Å²) in [5, 5.41) is 11.9. The number of nitrogens with one attached hydrogen (secondary N) is 1. The second kappa shape index (κ2) is 5.82. The number of allylic oxidation sites excluding steroid dienone is 1. The standard InChI is InChI=1S/C12H19NO4/c1-3-4-9(2)10(14)13-12(11(15)16)5-7-17-8-6-12/h4H,3,5-8H2,1-2H3,(H,13,14)(H,15,16)/b9-4-. The molecule has 1 saturated heterocycles. The summed E-state index contributed by atoms with van der Waals surface area (Å²) in [7, 11) is 0. The van der Waals surface area contributed by atoms with E-state index in [0.29, 0.717) is 31.6 Å². The zero-order valence-corrected chi connectivity index (χ0v) is 10.3. The van der Waals surface area contributed by atoms with Crippen LogP contribution in [0.5, 0.6) is 0 Å². The Morgan fingerprint density at radius 1 is 1.41 bits per heavy atom. The van der Waals surface area contributed by atoms with Crippen LogP contribution < -0.4 is 5.32 Å². The Kier molecular flexibility index (Phi) is 4.69. The fourth-order valence-electron chi connectivity index (χ4n) is 1.83. The van der Waals surface area contributed by atoms with Crippen LogP contribution in [0.1, 0.15) is 33.1 Å². The molecule has 0 aromatic heterocycles. The van der Waals surface area contributed by atoms with Gasteiger partial charge in [-0.15, -0.1) is 0 Å². The number of amides is 1. The molecule has 5 heteroatoms. The molecule has 1 heterocycles. The van der Waals surface area contributed by atoms with Crippen LogP contribution >= 0.6 is 0 Å². The first kappa shape index (κ1) is 13.7. The highest BCUT2D eigenvalue weighted by molar-refractivity contribution is 5.96. The van der Waals surface area contributed by atoms with Gasteiger partial charge in [0, 0.05) is 31.6 Å². The van der Waals surface area contributed by atoms with Crippen molar-refractivity contribution in [3.05, 3.63) is 11.6 Å². The van der Waals surface area contributed by atoms with Crippen molar-refractivity contribution in [1.29, 1.82) is 0 Å². The monoisotopic (exact) mass is 241 g/mol. The summed E-state index contributed by atoms with van der Waals surface area (Å²) < 4.78 is 5.14. The van der Waals surface area contributed by atoms with Gasteiger partial charge in [0.2, 0.25) is 5.91 Å². The van der Waals surface area contributed by atoms with E-state index in [9.17, 15) is 14.7 Å². The number of carbonyl (C=O) groups is 2. The molecule has 0 spiro atoms. The van der Waals surface area contributed by atoms with Crippen molar-refractivity contribution in [2.75, 3.05) is 13.2 Å². The van der Waals surface area contributed by atoms with Crippen LogP contribution in [0.3, 0.4) is 0 Å². The smallest absolute Gasteiger partial charge is 0.329 e. The van der Waals surface area contributed by atoms with Gasteiger partial charge in [-0.3, -0.25) is 4.79 Å². The molecule has 1 amide bonds. The molecule has 1 fully saturated rings. The van der Waals surface area contributed by atoms with E-state index < -0.39 is 11.5 Å². The highest BCUT2D eigenvalue weighted by atomic mass is 16.5. The molecular formula is C12H19NO4. The van der Waals surface area contributed by atoms with Gasteiger partial charge in [0.15, 0.2) is 0 Å². The Bertz CT molecular complexity index is 329. The van der Waals surface area contributed by atoms with E-state index in [4.69, 9.17) is 4.74 Å². The second-order valence-electron chi connectivity index (χ2n) is 4.25. The van der Waals surface area contributed by atoms with Gasteiger partial charge in [-0.2, -0.15) is 0 Å². The van der Waals surface area contributed by atoms with Gasteiger partial charge in [0.05, 0.1) is 0 Å². The Labute approximate surface area is 101 Å². The first-order valence-electron chi connectivity index (χ1n) is 5.82. The Morgan fingerprint density at radius 2 is 2.00 bits per heavy atom. The molecule has 0 radical (unpaired) electrons. The number of ether oxygens (including phenoxy) is 1. The summed E-state index contributed by atoms with van der Waals surface area (Å²) in [6.45, 7) is 4.35. The van der Waals surface area contributed by atoms with Crippen LogP contribution in [-0.2, 0) is 14.3 Å². The lowest BCUT2D eigenvalue weighted by Gasteiger charge is -2.33. The molecule has 0 aromatic carbocycles. The van der Waals surface area contributed by atoms with Crippen LogP contribution in [0, 0.1) is 0 Å². The van der Waals surface area contributed by atoms with E-state index in [-0.39, 0.29) is 5.91 Å². The van der Waals surface area contributed by atoms with Crippen molar-refractivity contribution in [2.24, 2.45) is 0 Å². The van der Waals surface area contributed by atoms with Crippen LogP contribution in [0.4, 0.5) is 0 Å². The molecule has 0 atom stereocenters. The number of carbonyl (C=O) groups excluding carboxylic acids is 1. The van der Waals surface area contributed by atoms with E-state index >= 15 is 0 Å². The first-order valence-corrected chi connectivity index (χ1v) is 5.82. The van der Waals surface area contributed by atoms with Crippen LogP contribution in [0.2, 0.25) is 0 Å². The summed E-state index contributed by atoms with van der Waals surface area (Å²) in [6.07, 6.45) is 3.16. The molecule has 5 nitrogen and oxygen atoms in total. The van der Waals surface area contributed by atoms with Gasteiger partial charge < -0.3 is 15.2 Å². The summed E-state index contributed by atoms with van der Waals surface area (Å²) in [4.78, 5) is 23.1. The largest absolute Gasteiger partial charge is 0.480 e. The number of aliphatic carboxylic acids is 1. The molecule has 2 N–H and O–H groups in total. The van der Waals surface area contributed by atoms with E-state index in [1.54, 1.807) is 13.0 Å². The van der Waals surface area contributed by atoms with Crippen LogP contribution in [0.25, 0.3) is 0 Å². The van der Waals surface area contributed by atoms with Crippen molar-refractivity contribution in [1.82, 2.24) is 5.32 Å². The van der Waals surface area contributed by atoms with Crippen LogP contribution in [-0.4, -0.2) is 35.7 Å². The summed E-state index contributed by atoms with van der Waals surface area (Å²) >= 11 is 0. The molecule has 96 valence electrons. The van der Waals surface area contributed by atoms with Crippen molar-refractivity contribution >= 4 is 11.9 Å². The maximum atomic E-state index is 11.8. The predicted octanol–water partition coefficient (Wildman–Crippen LogP) is 1.09. The zero-order valence-electron chi connectivity index (χ0n) is 10.3. The van der Waals surface area contributed by atoms with Gasteiger partial charge in [-0.25, -0.2) is 4.79 Å². The van der Waals surface area contributed by atoms with E-state index in [0.717, 1.165) is 6.42 Å². The topological polar surface area (TPSA) is 75.6 Å². The number of carboxylic acid groups (broad SMARTS) is 1. The van der Waals surface area contributed by atoms with Gasteiger partial charge in [0.1, 0.15) is 5.54 Å². The minimum atomic E-state index is -1.17. The molecule has 0 saturated carbocycles. The summed E-state index contributed by atoms with van der Waals surface area (Å²) in [5.74, 6) is -1.30. The third kappa shape index (κ3) is 3.30. The lowest BCUT2D eigenvalue weighted by Crippen LogP contribution is -2.57. The molecule has 0 bridgehead atoms. The zero-order chi connectivity index (χ0) is 12.9. The maximum Gasteiger partial charge on any atom is 0.329 e. The molecule has 17 heavy (non-hydrogen) atoms. The van der Waals surface area contributed by atoms with Crippen LogP contribution in [0.15, 0.2) is 11.6 Å². The lowest BCUT2D eigenvalue weighted by atomic mass is 9.89. The number of carboxylic acids is 1. The Balaban J connectivity index is 2.77. The number of rotatable bonds is 4. The average molecular weight is 241 g/mol. The first-order chi connectivity index (χ1) is 8.02. The number of hydrogen-bond donors (Lipinski definition) is 2. The third-order valence-electron chi connectivity index (χ3n) is 2.98. The van der Waals surface area contributed by atoms with Gasteiger partial charge in [-0.05, 0) is 13.3 Å². The Hall–Kier alpha value is -1.36. The maximum absolute atomic E-state index is 11.8. The summed E-state index contributed by atoms with van der Waals surface area (Å²) in [6, 6.07) is 0. The second-order valence-corrected chi connectivity index (χ2v) is 4.25. The normalized spacial score (nSPS) is 19.8. The van der Waals surface area contributed by atoms with Gasteiger partial charge in [0.25, 0.3) is 0 Å². The fraction of sp³-hybridized carbons (Fsp3) is 0.667. The molecule has 1 rings (SSSR count). The van der Waals surface area contributed by atoms with Gasteiger partial charge >= 0.3 is 5.97 Å². The molecule has 0 aromatic rings. The fourth-order valence-corrected chi connectivity index (χ4v) is 1.83. The van der Waals surface area contributed by atoms with E-state index in [1.807, 2.05) is 6.92 Å². The van der Waals surface area contributed by atoms with Crippen molar-refractivity contribution in [2.45, 2.75) is 38.6 Å². The SMILES string of the molecule is CC/C=C(/C)C(=O)NC1(C(=O)O)CCOCC1. The highest BCUT2D eigenvalue weighted by Crippen LogP contribution is 2.21. The summed E-state index contributed by atoms with van der Waals surface area (Å²) in [5.41, 5.74) is -0.613. The van der Waals surface area contributed by atoms with Crippen molar-refractivity contribution < 1.29 is 19.4 Å². The third-order valence-corrected chi connectivity index (χ3v) is 2.98. The molecule has 1 aliphatic rings. The lowest BCUT2D eigenvalue weighted by molar-refractivity contribution is -0.151. The highest BCUT2D eigenvalue weighted by Gasteiger charge is 2.41. The number of hydrogen-bond acceptors (Lipinski definition) is 3. The van der Waals surface area contributed by atoms with Crippen molar-refractivity contribution in [3.63, 3.8) is 0 Å². The van der Waals surface area contributed by atoms with E-state index in [1.165, 1.54) is 0 Å². The quantitative estimate of drug-likeness (QED) is 0.722. The Morgan fingerprint density at radius 3 is 2.47 bits per heavy atom. The molecular weight excluding hydrogens is 222 g/mol. The molecule has 0 aliphatic carbocycles. The molecule has 0 unspecified atom stereocenters.